The molecule has 3 aromatic rings. The number of anilines is 1. The third-order valence-electron chi connectivity index (χ3n) is 7.16. The second kappa shape index (κ2) is 8.56. The average Bonchev–Trinajstić information content (AvgIpc) is 3.49. The van der Waals surface area contributed by atoms with E-state index in [0.717, 1.165) is 11.3 Å². The lowest BCUT2D eigenvalue weighted by molar-refractivity contribution is -0.153. The van der Waals surface area contributed by atoms with Gasteiger partial charge in [-0.1, -0.05) is 5.16 Å². The summed E-state index contributed by atoms with van der Waals surface area (Å²) in [5, 5.41) is 10.5. The van der Waals surface area contributed by atoms with Crippen molar-refractivity contribution in [2.45, 2.75) is 45.4 Å². The lowest BCUT2D eigenvalue weighted by atomic mass is 9.66. The zero-order valence-corrected chi connectivity index (χ0v) is 21.3. The zero-order valence-electron chi connectivity index (χ0n) is 20.5. The van der Waals surface area contributed by atoms with Crippen LogP contribution in [0.25, 0.3) is 21.7 Å². The minimum absolute atomic E-state index is 0.0831. The smallest absolute Gasteiger partial charge is 0.357 e. The third-order valence-corrected chi connectivity index (χ3v) is 8.01. The first kappa shape index (κ1) is 24.4. The van der Waals surface area contributed by atoms with E-state index in [1.807, 2.05) is 6.92 Å². The number of ether oxygens (including phenoxy) is 2. The van der Waals surface area contributed by atoms with Crippen LogP contribution in [0.15, 0.2) is 16.0 Å². The highest BCUT2D eigenvalue weighted by Gasteiger charge is 2.63. The van der Waals surface area contributed by atoms with Crippen LogP contribution >= 0.6 is 11.3 Å². The van der Waals surface area contributed by atoms with Crippen LogP contribution in [0.4, 0.5) is 14.9 Å². The van der Waals surface area contributed by atoms with Gasteiger partial charge in [0.2, 0.25) is 17.4 Å². The van der Waals surface area contributed by atoms with Gasteiger partial charge in [-0.3, -0.25) is 20.2 Å². The number of halogens is 1. The van der Waals surface area contributed by atoms with E-state index in [0.29, 0.717) is 10.6 Å². The Morgan fingerprint density at radius 2 is 2.03 bits per heavy atom. The van der Waals surface area contributed by atoms with Crippen molar-refractivity contribution in [3.05, 3.63) is 28.5 Å². The van der Waals surface area contributed by atoms with Gasteiger partial charge in [0.15, 0.2) is 22.6 Å². The summed E-state index contributed by atoms with van der Waals surface area (Å²) in [5.74, 6) is -2.85. The van der Waals surface area contributed by atoms with Crippen LogP contribution in [0.5, 0.6) is 0 Å². The second-order valence-electron chi connectivity index (χ2n) is 9.50. The number of hydrogen-bond donors (Lipinski definition) is 2. The highest BCUT2D eigenvalue weighted by atomic mass is 32.1. The molecular formula is C24H22FN5O7S. The number of esters is 1. The summed E-state index contributed by atoms with van der Waals surface area (Å²) in [6.07, 6.45) is -1.17. The number of fused-ring (bicyclic) bond motifs is 5. The Morgan fingerprint density at radius 1 is 1.29 bits per heavy atom. The molecule has 2 fully saturated rings. The van der Waals surface area contributed by atoms with Gasteiger partial charge in [0.1, 0.15) is 5.01 Å². The van der Waals surface area contributed by atoms with Gasteiger partial charge in [0.25, 0.3) is 0 Å². The molecule has 14 heteroatoms. The quantitative estimate of drug-likeness (QED) is 0.371. The number of barbiturate groups is 1. The zero-order chi connectivity index (χ0) is 26.9. The molecule has 2 saturated heterocycles. The van der Waals surface area contributed by atoms with Gasteiger partial charge in [-0.15, -0.1) is 11.3 Å². The molecule has 0 radical (unpaired) electrons. The van der Waals surface area contributed by atoms with Gasteiger partial charge < -0.3 is 18.9 Å². The van der Waals surface area contributed by atoms with Crippen LogP contribution in [0.3, 0.4) is 0 Å². The van der Waals surface area contributed by atoms with Crippen molar-refractivity contribution in [2.24, 2.45) is 5.41 Å². The van der Waals surface area contributed by atoms with E-state index in [9.17, 15) is 19.2 Å². The van der Waals surface area contributed by atoms with Crippen molar-refractivity contribution in [1.29, 1.82) is 0 Å². The minimum Gasteiger partial charge on any atom is -0.461 e. The Labute approximate surface area is 218 Å². The van der Waals surface area contributed by atoms with E-state index >= 15 is 4.39 Å². The van der Waals surface area contributed by atoms with Crippen LogP contribution in [0.2, 0.25) is 0 Å². The Balaban J connectivity index is 1.53. The summed E-state index contributed by atoms with van der Waals surface area (Å²) in [7, 11) is 0. The number of thiazole rings is 1. The van der Waals surface area contributed by atoms with Crippen molar-refractivity contribution in [2.75, 3.05) is 18.1 Å². The molecule has 0 aliphatic carbocycles. The molecule has 6 rings (SSSR count). The maximum Gasteiger partial charge on any atom is 0.357 e. The van der Waals surface area contributed by atoms with Gasteiger partial charge >= 0.3 is 12.0 Å². The van der Waals surface area contributed by atoms with E-state index in [1.54, 1.807) is 24.8 Å². The van der Waals surface area contributed by atoms with Crippen molar-refractivity contribution in [1.82, 2.24) is 20.8 Å². The number of urea groups is 1. The number of imide groups is 2. The number of nitrogens with one attached hydrogen (secondary N) is 2. The summed E-state index contributed by atoms with van der Waals surface area (Å²) in [5.41, 5.74) is -1.05. The van der Waals surface area contributed by atoms with Gasteiger partial charge in [0, 0.05) is 18.3 Å². The Morgan fingerprint density at radius 3 is 2.74 bits per heavy atom. The van der Waals surface area contributed by atoms with E-state index in [1.165, 1.54) is 5.38 Å². The monoisotopic (exact) mass is 543 g/mol. The highest BCUT2D eigenvalue weighted by molar-refractivity contribution is 7.13. The van der Waals surface area contributed by atoms with E-state index in [-0.39, 0.29) is 53.7 Å². The number of benzene rings is 1. The Bertz CT molecular complexity index is 1510. The molecule has 1 aromatic carbocycles. The van der Waals surface area contributed by atoms with E-state index < -0.39 is 47.2 Å². The molecule has 0 bridgehead atoms. The van der Waals surface area contributed by atoms with E-state index in [4.69, 9.17) is 14.0 Å². The number of aromatic nitrogens is 2. The number of nitrogens with zero attached hydrogens (tertiary/aromatic N) is 3. The molecule has 38 heavy (non-hydrogen) atoms. The normalized spacial score (nSPS) is 24.2. The number of carbonyl (C=O) groups excluding carboxylic acids is 4. The number of amides is 4. The molecule has 198 valence electrons. The Kier molecular flexibility index (Phi) is 5.50. The van der Waals surface area contributed by atoms with Crippen molar-refractivity contribution < 1.29 is 37.6 Å². The van der Waals surface area contributed by atoms with Crippen LogP contribution in [0, 0.1) is 11.2 Å². The predicted octanol–water partition coefficient (Wildman–Crippen LogP) is 2.16. The molecule has 3 aliphatic rings. The van der Waals surface area contributed by atoms with Gasteiger partial charge in [0.05, 0.1) is 35.9 Å². The fraction of sp³-hybridized carbons (Fsp3) is 0.417. The second-order valence-corrected chi connectivity index (χ2v) is 10.4. The minimum atomic E-state index is -1.75. The number of rotatable bonds is 3. The molecule has 2 N–H and O–H groups in total. The molecule has 1 spiro atoms. The summed E-state index contributed by atoms with van der Waals surface area (Å²) in [6.45, 7) is 5.58. The van der Waals surface area contributed by atoms with E-state index in [2.05, 4.69) is 20.8 Å². The van der Waals surface area contributed by atoms with Crippen molar-refractivity contribution >= 4 is 51.8 Å². The predicted molar refractivity (Wildman–Crippen MR) is 130 cm³/mol. The summed E-state index contributed by atoms with van der Waals surface area (Å²) in [6, 6.07) is -0.185. The van der Waals surface area contributed by atoms with Crippen LogP contribution < -0.4 is 15.5 Å². The topological polar surface area (TPSA) is 153 Å². The molecular weight excluding hydrogens is 521 g/mol. The van der Waals surface area contributed by atoms with Crippen LogP contribution in [-0.4, -0.2) is 65.4 Å². The lowest BCUT2D eigenvalue weighted by Gasteiger charge is -2.55. The number of morpholine rings is 1. The number of carbonyl (C=O) groups is 4. The molecule has 2 aromatic heterocycles. The first-order valence-corrected chi connectivity index (χ1v) is 12.9. The summed E-state index contributed by atoms with van der Waals surface area (Å²) < 4.78 is 32.5. The molecule has 0 unspecified atom stereocenters. The molecule has 12 nitrogen and oxygen atoms in total. The average molecular weight is 544 g/mol. The first-order chi connectivity index (χ1) is 18.1. The van der Waals surface area contributed by atoms with Gasteiger partial charge in [-0.2, -0.15) is 0 Å². The molecule has 5 heterocycles. The number of hydrogen-bond acceptors (Lipinski definition) is 11. The van der Waals surface area contributed by atoms with Crippen LogP contribution in [0.1, 0.15) is 36.8 Å². The fourth-order valence-corrected chi connectivity index (χ4v) is 6.57. The maximum atomic E-state index is 16.2. The molecule has 3 atom stereocenters. The van der Waals surface area contributed by atoms with Crippen molar-refractivity contribution in [3.63, 3.8) is 0 Å². The van der Waals surface area contributed by atoms with Crippen molar-refractivity contribution in [3.8, 4) is 10.7 Å². The lowest BCUT2D eigenvalue weighted by Crippen LogP contribution is -2.75. The van der Waals surface area contributed by atoms with Crippen LogP contribution in [-0.2, 0) is 25.5 Å². The SMILES string of the molecule is CCOC(=O)c1csc(-c2noc3c(F)c4c(cc23)CC2(C(=O)NC(=O)NC2=O)[C@H]2[C@H](C)O[C@H](C)CN42)n1. The highest BCUT2D eigenvalue weighted by Crippen LogP contribution is 2.49. The molecule has 0 saturated carbocycles. The maximum absolute atomic E-state index is 16.2. The summed E-state index contributed by atoms with van der Waals surface area (Å²) >= 11 is 1.11. The third kappa shape index (κ3) is 3.36. The summed E-state index contributed by atoms with van der Waals surface area (Å²) in [4.78, 5) is 56.6. The first-order valence-electron chi connectivity index (χ1n) is 12.0. The molecule has 4 amide bonds. The van der Waals surface area contributed by atoms with Gasteiger partial charge in [-0.05, 0) is 32.4 Å². The van der Waals surface area contributed by atoms with Gasteiger partial charge in [-0.25, -0.2) is 19.0 Å². The fourth-order valence-electron chi connectivity index (χ4n) is 5.78. The largest absolute Gasteiger partial charge is 0.461 e. The standard InChI is InChI=1S/C24H22FN5O7S/c1-4-35-20(31)13-8-38-19(26-13)15-12-5-11-6-24(21(32)27-23(34)28-22(24)33)18-10(3)36-9(2)7-30(18)16(11)14(25)17(12)37-29-15/h5,8-10,18H,4,6-7H2,1-3H3,(H2,27,28,32,33,34)/t9-,10+,18-/m1/s1. The Hall–Kier alpha value is -3.91. The molecule has 3 aliphatic heterocycles.